The second-order valence-corrected chi connectivity index (χ2v) is 10.7. The number of para-hydroxylation sites is 1. The highest BCUT2D eigenvalue weighted by molar-refractivity contribution is 7.91. The lowest BCUT2D eigenvalue weighted by molar-refractivity contribution is 0.0391. The minimum absolute atomic E-state index is 0. The van der Waals surface area contributed by atoms with Gasteiger partial charge in [-0.15, -0.1) is 23.7 Å². The van der Waals surface area contributed by atoms with E-state index in [4.69, 9.17) is 4.74 Å². The highest BCUT2D eigenvalue weighted by atomic mass is 35.5. The van der Waals surface area contributed by atoms with E-state index in [0.717, 1.165) is 17.8 Å². The number of aromatic nitrogens is 1. The van der Waals surface area contributed by atoms with Crippen LogP contribution in [0.4, 0.5) is 5.13 Å². The average molecular weight is 488 g/mol. The summed E-state index contributed by atoms with van der Waals surface area (Å²) >= 11 is 2.72. The van der Waals surface area contributed by atoms with Crippen LogP contribution in [0.15, 0.2) is 40.6 Å². The highest BCUT2D eigenvalue weighted by Crippen LogP contribution is 2.33. The molecule has 162 valence electrons. The van der Waals surface area contributed by atoms with Gasteiger partial charge < -0.3 is 4.74 Å². The summed E-state index contributed by atoms with van der Waals surface area (Å²) < 4.78 is 30.4. The molecule has 3 heterocycles. The molecule has 0 spiro atoms. The van der Waals surface area contributed by atoms with Crippen molar-refractivity contribution in [3.05, 3.63) is 40.6 Å². The van der Waals surface area contributed by atoms with Crippen molar-refractivity contribution in [1.29, 1.82) is 0 Å². The van der Waals surface area contributed by atoms with Gasteiger partial charge in [0.1, 0.15) is 5.52 Å². The molecule has 0 unspecified atom stereocenters. The van der Waals surface area contributed by atoms with E-state index in [1.165, 1.54) is 28.9 Å². The number of nitrogens with zero attached hydrogens (tertiary/aromatic N) is 3. The van der Waals surface area contributed by atoms with Gasteiger partial charge in [0.2, 0.25) is 0 Å². The zero-order chi connectivity index (χ0) is 20.4. The molecule has 0 radical (unpaired) electrons. The number of thiophene rings is 1. The monoisotopic (exact) mass is 487 g/mol. The molecule has 30 heavy (non-hydrogen) atoms. The second-order valence-electron chi connectivity index (χ2n) is 6.76. The molecule has 0 aliphatic carbocycles. The van der Waals surface area contributed by atoms with E-state index in [2.05, 4.69) is 9.88 Å². The van der Waals surface area contributed by atoms with Gasteiger partial charge in [0, 0.05) is 32.4 Å². The average Bonchev–Trinajstić information content (AvgIpc) is 3.37. The first-order valence-corrected chi connectivity index (χ1v) is 12.8. The zero-order valence-corrected chi connectivity index (χ0v) is 19.6. The molecule has 0 saturated carbocycles. The maximum Gasteiger partial charge on any atom is 0.270 e. The van der Waals surface area contributed by atoms with Crippen LogP contribution in [0.25, 0.3) is 10.2 Å². The third-order valence-electron chi connectivity index (χ3n) is 4.72. The van der Waals surface area contributed by atoms with Gasteiger partial charge in [-0.3, -0.25) is 14.6 Å². The molecule has 0 atom stereocenters. The van der Waals surface area contributed by atoms with Gasteiger partial charge in [0.05, 0.1) is 27.7 Å². The van der Waals surface area contributed by atoms with E-state index in [-0.39, 0.29) is 23.2 Å². The third kappa shape index (κ3) is 5.01. The fourth-order valence-corrected chi connectivity index (χ4v) is 5.80. The van der Waals surface area contributed by atoms with Crippen molar-refractivity contribution in [3.63, 3.8) is 0 Å². The van der Waals surface area contributed by atoms with Crippen LogP contribution in [0.2, 0.25) is 0 Å². The largest absolute Gasteiger partial charge is 0.379 e. The number of hydrogen-bond donors (Lipinski definition) is 0. The minimum atomic E-state index is -3.41. The molecule has 4 rings (SSSR count). The first-order valence-electron chi connectivity index (χ1n) is 9.18. The predicted molar refractivity (Wildman–Crippen MR) is 123 cm³/mol. The second kappa shape index (κ2) is 9.71. The fraction of sp³-hybridized carbons (Fsp3) is 0.368. The molecule has 1 aliphatic rings. The molecular formula is C19H22ClN3O4S3. The Kier molecular flexibility index (Phi) is 7.48. The lowest BCUT2D eigenvalue weighted by atomic mass is 10.3. The van der Waals surface area contributed by atoms with Crippen molar-refractivity contribution < 1.29 is 17.9 Å². The normalized spacial score (nSPS) is 15.1. The summed E-state index contributed by atoms with van der Waals surface area (Å²) in [6.45, 7) is 4.23. The number of anilines is 1. The lowest BCUT2D eigenvalue weighted by Gasteiger charge is -2.29. The van der Waals surface area contributed by atoms with E-state index in [1.54, 1.807) is 23.1 Å². The van der Waals surface area contributed by atoms with Crippen molar-refractivity contribution in [1.82, 2.24) is 9.88 Å². The van der Waals surface area contributed by atoms with Gasteiger partial charge in [-0.05, 0) is 23.6 Å². The third-order valence-corrected chi connectivity index (χ3v) is 7.75. The molecule has 0 bridgehead atoms. The van der Waals surface area contributed by atoms with Crippen LogP contribution in [-0.4, -0.2) is 69.9 Å². The molecule has 1 aliphatic heterocycles. The maximum absolute atomic E-state index is 13.2. The number of carbonyl (C=O) groups excluding carboxylic acids is 1. The molecule has 1 amide bonds. The number of rotatable bonds is 6. The first kappa shape index (κ1) is 23.1. The number of sulfone groups is 1. The molecule has 7 nitrogen and oxygen atoms in total. The molecular weight excluding hydrogens is 466 g/mol. The van der Waals surface area contributed by atoms with Crippen LogP contribution in [-0.2, 0) is 14.6 Å². The van der Waals surface area contributed by atoms with Crippen molar-refractivity contribution in [2.24, 2.45) is 0 Å². The summed E-state index contributed by atoms with van der Waals surface area (Å²) in [5.74, 6) is -0.117. The topological polar surface area (TPSA) is 79.8 Å². The Hall–Kier alpha value is -1.56. The Labute approximate surface area is 189 Å². The van der Waals surface area contributed by atoms with Gasteiger partial charge in [0.25, 0.3) is 5.91 Å². The standard InChI is InChI=1S/C19H21N3O4S3.ClH/c1-29(24,25)16-6-2-4-14-17(16)20-19(28-14)22(18(23)15-5-3-13-27-15)8-7-21-9-11-26-12-10-21;/h2-6,13H,7-12H2,1H3;1H. The number of hydrogen-bond acceptors (Lipinski definition) is 8. The zero-order valence-electron chi connectivity index (χ0n) is 16.3. The maximum atomic E-state index is 13.2. The molecule has 11 heteroatoms. The summed E-state index contributed by atoms with van der Waals surface area (Å²) in [7, 11) is -3.41. The summed E-state index contributed by atoms with van der Waals surface area (Å²) in [5.41, 5.74) is 0.422. The Balaban J connectivity index is 0.00000256. The number of thiazole rings is 1. The van der Waals surface area contributed by atoms with Crippen molar-refractivity contribution >= 4 is 66.2 Å². The lowest BCUT2D eigenvalue weighted by Crippen LogP contribution is -2.43. The van der Waals surface area contributed by atoms with Crippen LogP contribution in [0.5, 0.6) is 0 Å². The SMILES string of the molecule is CS(=O)(=O)c1cccc2sc(N(CCN3CCOCC3)C(=O)c3cccs3)nc12.Cl. The van der Waals surface area contributed by atoms with Crippen LogP contribution < -0.4 is 4.90 Å². The van der Waals surface area contributed by atoms with Gasteiger partial charge in [-0.25, -0.2) is 13.4 Å². The van der Waals surface area contributed by atoms with E-state index >= 15 is 0 Å². The van der Waals surface area contributed by atoms with E-state index < -0.39 is 9.84 Å². The summed E-state index contributed by atoms with van der Waals surface area (Å²) in [6.07, 6.45) is 1.17. The Morgan fingerprint density at radius 2 is 2.00 bits per heavy atom. The molecule has 2 aromatic heterocycles. The van der Waals surface area contributed by atoms with Gasteiger partial charge >= 0.3 is 0 Å². The summed E-state index contributed by atoms with van der Waals surface area (Å²) in [5, 5.41) is 2.38. The van der Waals surface area contributed by atoms with Gasteiger partial charge in [-0.2, -0.15) is 0 Å². The first-order chi connectivity index (χ1) is 13.9. The summed E-state index contributed by atoms with van der Waals surface area (Å²) in [4.78, 5) is 22.5. The van der Waals surface area contributed by atoms with Crippen LogP contribution in [0.3, 0.4) is 0 Å². The van der Waals surface area contributed by atoms with E-state index in [1.807, 2.05) is 17.5 Å². The quantitative estimate of drug-likeness (QED) is 0.531. The smallest absolute Gasteiger partial charge is 0.270 e. The van der Waals surface area contributed by atoms with E-state index in [0.29, 0.717) is 41.8 Å². The Morgan fingerprint density at radius 1 is 1.23 bits per heavy atom. The van der Waals surface area contributed by atoms with Crippen molar-refractivity contribution in [2.75, 3.05) is 50.5 Å². The Morgan fingerprint density at radius 3 is 2.67 bits per heavy atom. The molecule has 1 fully saturated rings. The molecule has 1 aromatic carbocycles. The number of benzene rings is 1. The number of carbonyl (C=O) groups is 1. The van der Waals surface area contributed by atoms with Gasteiger partial charge in [0.15, 0.2) is 15.0 Å². The van der Waals surface area contributed by atoms with E-state index in [9.17, 15) is 13.2 Å². The molecule has 0 N–H and O–H groups in total. The summed E-state index contributed by atoms with van der Waals surface area (Å²) in [6, 6.07) is 8.74. The fourth-order valence-electron chi connectivity index (χ4n) is 3.21. The van der Waals surface area contributed by atoms with Gasteiger partial charge in [-0.1, -0.05) is 23.5 Å². The number of halogens is 1. The van der Waals surface area contributed by atoms with Crippen LogP contribution >= 0.6 is 35.1 Å². The number of ether oxygens (including phenoxy) is 1. The number of morpholine rings is 1. The molecule has 3 aromatic rings. The van der Waals surface area contributed by atoms with Crippen molar-refractivity contribution in [2.45, 2.75) is 4.90 Å². The molecule has 1 saturated heterocycles. The highest BCUT2D eigenvalue weighted by Gasteiger charge is 2.25. The number of amides is 1. The predicted octanol–water partition coefficient (Wildman–Crippen LogP) is 3.16. The Bertz CT molecular complexity index is 1110. The van der Waals surface area contributed by atoms with Crippen molar-refractivity contribution in [3.8, 4) is 0 Å². The minimum Gasteiger partial charge on any atom is -0.379 e. The number of fused-ring (bicyclic) bond motifs is 1. The van der Waals surface area contributed by atoms with Crippen LogP contribution in [0, 0.1) is 0 Å². The van der Waals surface area contributed by atoms with Crippen LogP contribution in [0.1, 0.15) is 9.67 Å².